The average Bonchev–Trinajstić information content (AvgIpc) is 3.22. The Bertz CT molecular complexity index is 1020. The second kappa shape index (κ2) is 7.19. The number of benzene rings is 2. The largest absolute Gasteiger partial charge is 0.336 e. The molecule has 0 aliphatic carbocycles. The lowest BCUT2D eigenvalue weighted by molar-refractivity contribution is 0.0938. The molecular formula is C21H16Cl2N2OS. The minimum Gasteiger partial charge on any atom is -0.336 e. The molecule has 3 nitrogen and oxygen atoms in total. The first-order chi connectivity index (χ1) is 13.0. The molecule has 0 amide bonds. The zero-order chi connectivity index (χ0) is 19.0. The van der Waals surface area contributed by atoms with E-state index in [1.54, 1.807) is 30.4 Å². The van der Waals surface area contributed by atoms with Gasteiger partial charge in [0.1, 0.15) is 4.75 Å². The van der Waals surface area contributed by atoms with Crippen molar-refractivity contribution in [3.8, 4) is 0 Å². The molecule has 1 unspecified atom stereocenters. The van der Waals surface area contributed by atoms with Gasteiger partial charge in [0.05, 0.1) is 6.33 Å². The molecule has 4 rings (SSSR count). The van der Waals surface area contributed by atoms with Gasteiger partial charge in [-0.2, -0.15) is 0 Å². The number of aromatic nitrogens is 2. The van der Waals surface area contributed by atoms with E-state index in [0.29, 0.717) is 28.6 Å². The van der Waals surface area contributed by atoms with Gasteiger partial charge in [-0.3, -0.25) is 4.79 Å². The second-order valence-corrected chi connectivity index (χ2v) is 8.89. The van der Waals surface area contributed by atoms with Crippen molar-refractivity contribution in [3.05, 3.63) is 88.9 Å². The monoisotopic (exact) mass is 414 g/mol. The van der Waals surface area contributed by atoms with Crippen LogP contribution < -0.4 is 0 Å². The molecule has 6 heteroatoms. The predicted molar refractivity (Wildman–Crippen MR) is 112 cm³/mol. The van der Waals surface area contributed by atoms with E-state index in [1.165, 1.54) is 0 Å². The van der Waals surface area contributed by atoms with Gasteiger partial charge in [-0.05, 0) is 47.9 Å². The molecule has 27 heavy (non-hydrogen) atoms. The summed E-state index contributed by atoms with van der Waals surface area (Å²) < 4.78 is 1.25. The molecule has 0 saturated heterocycles. The van der Waals surface area contributed by atoms with Crippen LogP contribution in [0.5, 0.6) is 0 Å². The molecule has 1 aliphatic heterocycles. The maximum Gasteiger partial charge on any atom is 0.182 e. The van der Waals surface area contributed by atoms with E-state index in [2.05, 4.69) is 11.6 Å². The van der Waals surface area contributed by atoms with E-state index in [-0.39, 0.29) is 5.78 Å². The van der Waals surface area contributed by atoms with Crippen molar-refractivity contribution in [2.45, 2.75) is 22.6 Å². The Balaban J connectivity index is 1.70. The summed E-state index contributed by atoms with van der Waals surface area (Å²) in [6.45, 7) is 4.76. The minimum absolute atomic E-state index is 0.1000. The van der Waals surface area contributed by atoms with Crippen molar-refractivity contribution in [3.63, 3.8) is 0 Å². The van der Waals surface area contributed by atoms with Gasteiger partial charge < -0.3 is 4.57 Å². The molecule has 136 valence electrons. The summed E-state index contributed by atoms with van der Waals surface area (Å²) in [7, 11) is 0. The molecule has 1 atom stereocenters. The van der Waals surface area contributed by atoms with Crippen LogP contribution in [0.1, 0.15) is 22.3 Å². The van der Waals surface area contributed by atoms with E-state index in [4.69, 9.17) is 23.2 Å². The summed E-state index contributed by atoms with van der Waals surface area (Å²) in [5.41, 5.74) is 2.59. The van der Waals surface area contributed by atoms with Crippen LogP contribution in [0.25, 0.3) is 5.57 Å². The smallest absolute Gasteiger partial charge is 0.182 e. The molecule has 0 radical (unpaired) electrons. The van der Waals surface area contributed by atoms with Crippen LogP contribution in [0, 0.1) is 0 Å². The molecule has 0 N–H and O–H groups in total. The summed E-state index contributed by atoms with van der Waals surface area (Å²) in [6.07, 6.45) is 5.84. The lowest BCUT2D eigenvalue weighted by Crippen LogP contribution is -2.36. The molecule has 0 saturated carbocycles. The zero-order valence-electron chi connectivity index (χ0n) is 14.4. The van der Waals surface area contributed by atoms with Gasteiger partial charge >= 0.3 is 0 Å². The Morgan fingerprint density at radius 1 is 1.15 bits per heavy atom. The van der Waals surface area contributed by atoms with Gasteiger partial charge in [-0.15, -0.1) is 11.8 Å². The maximum absolute atomic E-state index is 13.4. The lowest BCUT2D eigenvalue weighted by atomic mass is 9.88. The van der Waals surface area contributed by atoms with E-state index >= 15 is 0 Å². The topological polar surface area (TPSA) is 34.9 Å². The fourth-order valence-electron chi connectivity index (χ4n) is 3.35. The number of allylic oxidation sites excluding steroid dienone is 1. The van der Waals surface area contributed by atoms with Gasteiger partial charge in [0.2, 0.25) is 0 Å². The maximum atomic E-state index is 13.4. The van der Waals surface area contributed by atoms with Crippen molar-refractivity contribution in [1.29, 1.82) is 0 Å². The summed E-state index contributed by atoms with van der Waals surface area (Å²) >= 11 is 13.7. The van der Waals surface area contributed by atoms with Crippen molar-refractivity contribution in [2.24, 2.45) is 0 Å². The number of carbonyl (C=O) groups is 1. The normalized spacial score (nSPS) is 18.5. The molecular weight excluding hydrogens is 399 g/mol. The van der Waals surface area contributed by atoms with Crippen LogP contribution in [0.15, 0.2) is 72.7 Å². The van der Waals surface area contributed by atoms with Gasteiger partial charge in [-0.25, -0.2) is 4.98 Å². The number of Topliss-reactive ketones (excluding diaryl/α,β-unsaturated/α-hetero) is 1. The Morgan fingerprint density at radius 3 is 2.59 bits per heavy atom. The quantitative estimate of drug-likeness (QED) is 0.511. The number of fused-ring (bicyclic) bond motifs is 1. The lowest BCUT2D eigenvalue weighted by Gasteiger charge is -2.28. The molecule has 2 heterocycles. The van der Waals surface area contributed by atoms with Crippen LogP contribution in [0.3, 0.4) is 0 Å². The molecule has 2 aromatic carbocycles. The highest BCUT2D eigenvalue weighted by atomic mass is 35.5. The third-order valence-corrected chi connectivity index (χ3v) is 6.55. The molecule has 0 bridgehead atoms. The number of hydrogen-bond donors (Lipinski definition) is 0. The van der Waals surface area contributed by atoms with Crippen molar-refractivity contribution < 1.29 is 4.79 Å². The summed E-state index contributed by atoms with van der Waals surface area (Å²) in [5, 5.41) is 1.30. The summed E-state index contributed by atoms with van der Waals surface area (Å²) in [6, 6.07) is 13.0. The molecule has 3 aromatic rings. The van der Waals surface area contributed by atoms with Crippen molar-refractivity contribution in [2.75, 3.05) is 0 Å². The number of thioether (sulfide) groups is 1. The van der Waals surface area contributed by atoms with Crippen LogP contribution in [0.2, 0.25) is 10.0 Å². The Labute approximate surface area is 172 Å². The highest BCUT2D eigenvalue weighted by molar-refractivity contribution is 8.02. The SMILES string of the molecule is C=C(CC1(Cn2ccnc2)Sc2cc(Cl)ccc2C1=O)c1ccc(Cl)cc1. The highest BCUT2D eigenvalue weighted by Crippen LogP contribution is 2.50. The standard InChI is InChI=1S/C21H16Cl2N2OS/c1-14(15-2-4-16(22)5-3-15)11-21(12-25-9-8-24-13-25)20(26)18-7-6-17(23)10-19(18)27-21/h2-10,13H,1,11-12H2. The molecule has 0 fully saturated rings. The van der Waals surface area contributed by atoms with Gasteiger partial charge in [0, 0.05) is 39.4 Å². The van der Waals surface area contributed by atoms with Gasteiger partial charge in [0.25, 0.3) is 0 Å². The van der Waals surface area contributed by atoms with Crippen LogP contribution in [-0.4, -0.2) is 20.1 Å². The Hall–Kier alpha value is -2.01. The summed E-state index contributed by atoms with van der Waals surface area (Å²) in [4.78, 5) is 18.4. The molecule has 0 spiro atoms. The zero-order valence-corrected chi connectivity index (χ0v) is 16.7. The van der Waals surface area contributed by atoms with E-state index < -0.39 is 4.75 Å². The van der Waals surface area contributed by atoms with Crippen molar-refractivity contribution >= 4 is 46.3 Å². The van der Waals surface area contributed by atoms with Crippen LogP contribution in [-0.2, 0) is 6.54 Å². The minimum atomic E-state index is -0.690. The summed E-state index contributed by atoms with van der Waals surface area (Å²) in [5.74, 6) is 0.1000. The number of ketones is 1. The first-order valence-electron chi connectivity index (χ1n) is 8.40. The first-order valence-corrected chi connectivity index (χ1v) is 9.97. The number of nitrogens with zero attached hydrogens (tertiary/aromatic N) is 2. The molecule has 1 aliphatic rings. The first kappa shape index (κ1) is 18.4. The third kappa shape index (κ3) is 3.57. The second-order valence-electron chi connectivity index (χ2n) is 6.59. The highest BCUT2D eigenvalue weighted by Gasteiger charge is 2.47. The van der Waals surface area contributed by atoms with E-state index in [0.717, 1.165) is 16.0 Å². The Morgan fingerprint density at radius 2 is 1.89 bits per heavy atom. The number of halogens is 2. The number of hydrogen-bond acceptors (Lipinski definition) is 3. The predicted octanol–water partition coefficient (Wildman–Crippen LogP) is 6.02. The van der Waals surface area contributed by atoms with Gasteiger partial charge in [0.15, 0.2) is 5.78 Å². The third-order valence-electron chi connectivity index (χ3n) is 4.66. The Kier molecular flexibility index (Phi) is 4.89. The number of imidazole rings is 1. The van der Waals surface area contributed by atoms with Crippen LogP contribution >= 0.6 is 35.0 Å². The van der Waals surface area contributed by atoms with Crippen LogP contribution in [0.4, 0.5) is 0 Å². The fraction of sp³-hybridized carbons (Fsp3) is 0.143. The average molecular weight is 415 g/mol. The van der Waals surface area contributed by atoms with E-state index in [9.17, 15) is 4.79 Å². The molecule has 1 aromatic heterocycles. The van der Waals surface area contributed by atoms with Gasteiger partial charge in [-0.1, -0.05) is 41.9 Å². The van der Waals surface area contributed by atoms with E-state index in [1.807, 2.05) is 47.2 Å². The number of rotatable bonds is 5. The number of carbonyl (C=O) groups excluding carboxylic acids is 1. The fourth-order valence-corrected chi connectivity index (χ4v) is 5.26. The van der Waals surface area contributed by atoms with Crippen molar-refractivity contribution in [1.82, 2.24) is 9.55 Å².